The second kappa shape index (κ2) is 14.0. The van der Waals surface area contributed by atoms with Gasteiger partial charge in [-0.25, -0.2) is 14.6 Å². The summed E-state index contributed by atoms with van der Waals surface area (Å²) in [4.78, 5) is 33.0. The van der Waals surface area contributed by atoms with Gasteiger partial charge in [0.15, 0.2) is 0 Å². The van der Waals surface area contributed by atoms with Crippen molar-refractivity contribution in [2.24, 2.45) is 5.92 Å². The SMILES string of the molecule is CC1CN(C(=O)NC(CCN(CCCCc2ccc3c(n2)NCCC3)CCOc2ccccc2)C(=O)O)C1. The Morgan fingerprint density at radius 3 is 2.74 bits per heavy atom. The summed E-state index contributed by atoms with van der Waals surface area (Å²) in [5.74, 6) is 1.32. The van der Waals surface area contributed by atoms with E-state index in [4.69, 9.17) is 9.72 Å². The molecule has 2 aliphatic rings. The Labute approximate surface area is 225 Å². The van der Waals surface area contributed by atoms with Gasteiger partial charge in [-0.15, -0.1) is 0 Å². The molecule has 1 aromatic heterocycles. The fourth-order valence-corrected chi connectivity index (χ4v) is 4.97. The van der Waals surface area contributed by atoms with Crippen LogP contribution in [-0.2, 0) is 17.6 Å². The predicted octanol–water partition coefficient (Wildman–Crippen LogP) is 3.65. The molecule has 0 bridgehead atoms. The number of carboxylic acids is 1. The minimum Gasteiger partial charge on any atom is -0.492 e. The molecule has 2 amide bonds. The van der Waals surface area contributed by atoms with E-state index < -0.39 is 12.0 Å². The van der Waals surface area contributed by atoms with E-state index in [0.717, 1.165) is 62.5 Å². The Kier molecular flexibility index (Phi) is 10.2. The van der Waals surface area contributed by atoms with Crippen LogP contribution < -0.4 is 15.4 Å². The molecule has 4 rings (SSSR count). The van der Waals surface area contributed by atoms with Gasteiger partial charge in [0.1, 0.15) is 24.2 Å². The van der Waals surface area contributed by atoms with Crippen molar-refractivity contribution < 1.29 is 19.4 Å². The number of rotatable bonds is 14. The molecule has 3 heterocycles. The highest BCUT2D eigenvalue weighted by Crippen LogP contribution is 2.20. The van der Waals surface area contributed by atoms with Crippen LogP contribution in [-0.4, -0.2) is 83.8 Å². The third-order valence-electron chi connectivity index (χ3n) is 7.21. The number of hydrogen-bond donors (Lipinski definition) is 3. The number of aryl methyl sites for hydroxylation is 2. The Hall–Kier alpha value is -3.33. The average molecular weight is 524 g/mol. The van der Waals surface area contributed by atoms with Gasteiger partial charge in [-0.1, -0.05) is 31.2 Å². The predicted molar refractivity (Wildman–Crippen MR) is 148 cm³/mol. The number of carboxylic acid groups (broad SMARTS) is 1. The monoisotopic (exact) mass is 523 g/mol. The van der Waals surface area contributed by atoms with E-state index in [1.807, 2.05) is 30.3 Å². The highest BCUT2D eigenvalue weighted by Gasteiger charge is 2.30. The number of aromatic nitrogens is 1. The van der Waals surface area contributed by atoms with Crippen molar-refractivity contribution in [3.8, 4) is 5.75 Å². The number of carbonyl (C=O) groups is 2. The molecule has 1 aromatic carbocycles. The summed E-state index contributed by atoms with van der Waals surface area (Å²) in [6.45, 7) is 6.99. The number of hydrogen-bond acceptors (Lipinski definition) is 6. The van der Waals surface area contributed by atoms with Gasteiger partial charge >= 0.3 is 12.0 Å². The molecule has 0 radical (unpaired) electrons. The number of nitrogens with zero attached hydrogens (tertiary/aromatic N) is 3. The number of fused-ring (bicyclic) bond motifs is 1. The average Bonchev–Trinajstić information content (AvgIpc) is 2.91. The van der Waals surface area contributed by atoms with Gasteiger partial charge in [-0.3, -0.25) is 4.90 Å². The number of aliphatic carboxylic acids is 1. The van der Waals surface area contributed by atoms with Crippen LogP contribution in [0.25, 0.3) is 0 Å². The molecule has 0 saturated carbocycles. The van der Waals surface area contributed by atoms with Crippen molar-refractivity contribution in [3.05, 3.63) is 53.7 Å². The lowest BCUT2D eigenvalue weighted by Crippen LogP contribution is -2.56. The molecule has 9 heteroatoms. The van der Waals surface area contributed by atoms with Crippen LogP contribution in [0.3, 0.4) is 0 Å². The third-order valence-corrected chi connectivity index (χ3v) is 7.21. The van der Waals surface area contributed by atoms with Crippen molar-refractivity contribution in [3.63, 3.8) is 0 Å². The number of carbonyl (C=O) groups excluding carboxylic acids is 1. The molecule has 3 N–H and O–H groups in total. The van der Waals surface area contributed by atoms with E-state index in [2.05, 4.69) is 34.6 Å². The number of para-hydroxylation sites is 1. The van der Waals surface area contributed by atoms with E-state index >= 15 is 0 Å². The van der Waals surface area contributed by atoms with E-state index in [1.165, 1.54) is 5.56 Å². The molecule has 1 unspecified atom stereocenters. The van der Waals surface area contributed by atoms with Crippen LogP contribution in [0, 0.1) is 5.92 Å². The first-order valence-corrected chi connectivity index (χ1v) is 13.9. The molecule has 0 spiro atoms. The number of anilines is 1. The maximum Gasteiger partial charge on any atom is 0.326 e. The molecule has 38 heavy (non-hydrogen) atoms. The maximum absolute atomic E-state index is 12.4. The highest BCUT2D eigenvalue weighted by molar-refractivity contribution is 5.82. The molecule has 1 atom stereocenters. The van der Waals surface area contributed by atoms with E-state index in [-0.39, 0.29) is 6.03 Å². The molecular weight excluding hydrogens is 482 g/mol. The minimum absolute atomic E-state index is 0.290. The Bertz CT molecular complexity index is 1040. The Morgan fingerprint density at radius 1 is 1.16 bits per heavy atom. The first-order chi connectivity index (χ1) is 18.5. The largest absolute Gasteiger partial charge is 0.492 e. The lowest BCUT2D eigenvalue weighted by molar-refractivity contribution is -0.139. The van der Waals surface area contributed by atoms with Gasteiger partial charge in [0.2, 0.25) is 0 Å². The number of likely N-dealkylation sites (tertiary alicyclic amines) is 1. The third kappa shape index (κ3) is 8.34. The van der Waals surface area contributed by atoms with Crippen LogP contribution in [0.4, 0.5) is 10.6 Å². The lowest BCUT2D eigenvalue weighted by Gasteiger charge is -2.37. The second-order valence-corrected chi connectivity index (χ2v) is 10.4. The maximum atomic E-state index is 12.4. The molecule has 206 valence electrons. The molecule has 1 saturated heterocycles. The van der Waals surface area contributed by atoms with Crippen LogP contribution in [0.15, 0.2) is 42.5 Å². The van der Waals surface area contributed by atoms with E-state index in [1.54, 1.807) is 4.90 Å². The summed E-state index contributed by atoms with van der Waals surface area (Å²) in [5.41, 5.74) is 2.40. The number of unbranched alkanes of at least 4 members (excludes halogenated alkanes) is 1. The van der Waals surface area contributed by atoms with Crippen LogP contribution >= 0.6 is 0 Å². The van der Waals surface area contributed by atoms with Crippen LogP contribution in [0.2, 0.25) is 0 Å². The van der Waals surface area contributed by atoms with Gasteiger partial charge in [0.25, 0.3) is 0 Å². The lowest BCUT2D eigenvalue weighted by atomic mass is 10.0. The normalized spacial score (nSPS) is 15.8. The number of nitrogens with one attached hydrogen (secondary N) is 2. The van der Waals surface area contributed by atoms with Crippen LogP contribution in [0.1, 0.15) is 43.9 Å². The number of pyridine rings is 1. The highest BCUT2D eigenvalue weighted by atomic mass is 16.5. The standard InChI is InChI=1S/C29H41N5O4/c1-22-20-34(21-22)29(37)32-26(28(35)36)14-17-33(18-19-38-25-10-3-2-4-11-25)16-6-5-9-24-13-12-23-8-7-15-30-27(23)31-24/h2-4,10-13,22,26H,5-9,14-21H2,1H3,(H,30,31)(H,32,37)(H,35,36). The molecule has 2 aromatic rings. The van der Waals surface area contributed by atoms with Gasteiger partial charge < -0.3 is 25.4 Å². The number of urea groups is 1. The zero-order valence-electron chi connectivity index (χ0n) is 22.4. The fourth-order valence-electron chi connectivity index (χ4n) is 4.97. The van der Waals surface area contributed by atoms with E-state index in [0.29, 0.717) is 45.1 Å². The number of amides is 2. The summed E-state index contributed by atoms with van der Waals surface area (Å²) in [7, 11) is 0. The second-order valence-electron chi connectivity index (χ2n) is 10.4. The first-order valence-electron chi connectivity index (χ1n) is 13.9. The molecule has 0 aliphatic carbocycles. The summed E-state index contributed by atoms with van der Waals surface area (Å²) in [6, 6.07) is 12.8. The molecule has 2 aliphatic heterocycles. The van der Waals surface area contributed by atoms with E-state index in [9.17, 15) is 14.7 Å². The van der Waals surface area contributed by atoms with Crippen molar-refractivity contribution in [2.45, 2.75) is 51.5 Å². The van der Waals surface area contributed by atoms with Crippen molar-refractivity contribution >= 4 is 17.8 Å². The summed E-state index contributed by atoms with van der Waals surface area (Å²) in [6.07, 6.45) is 5.45. The Balaban J connectivity index is 1.26. The van der Waals surface area contributed by atoms with Gasteiger partial charge in [0.05, 0.1) is 0 Å². The quantitative estimate of drug-likeness (QED) is 0.325. The molecule has 1 fully saturated rings. The van der Waals surface area contributed by atoms with Crippen LogP contribution in [0.5, 0.6) is 5.75 Å². The molecule has 9 nitrogen and oxygen atoms in total. The van der Waals surface area contributed by atoms with Gasteiger partial charge in [-0.05, 0) is 74.8 Å². The van der Waals surface area contributed by atoms with Gasteiger partial charge in [0, 0.05) is 38.4 Å². The number of benzene rings is 1. The summed E-state index contributed by atoms with van der Waals surface area (Å²) < 4.78 is 5.90. The topological polar surface area (TPSA) is 107 Å². The van der Waals surface area contributed by atoms with Crippen molar-refractivity contribution in [2.75, 3.05) is 51.2 Å². The minimum atomic E-state index is -1.00. The van der Waals surface area contributed by atoms with Crippen molar-refractivity contribution in [1.82, 2.24) is 20.1 Å². The first kappa shape index (κ1) is 27.7. The van der Waals surface area contributed by atoms with Gasteiger partial charge in [-0.2, -0.15) is 0 Å². The smallest absolute Gasteiger partial charge is 0.326 e. The Morgan fingerprint density at radius 2 is 1.97 bits per heavy atom. The molecular formula is C29H41N5O4. The van der Waals surface area contributed by atoms with Crippen molar-refractivity contribution in [1.29, 1.82) is 0 Å². The zero-order valence-corrected chi connectivity index (χ0v) is 22.4. The fraction of sp³-hybridized carbons (Fsp3) is 0.552. The summed E-state index contributed by atoms with van der Waals surface area (Å²) >= 11 is 0. The number of ether oxygens (including phenoxy) is 1. The summed E-state index contributed by atoms with van der Waals surface area (Å²) in [5, 5.41) is 15.8. The zero-order chi connectivity index (χ0) is 26.7.